The van der Waals surface area contributed by atoms with Crippen LogP contribution in [0.25, 0.3) is 0 Å². The molecule has 1 aliphatic heterocycles. The van der Waals surface area contributed by atoms with Crippen molar-refractivity contribution in [2.45, 2.75) is 17.4 Å². The Labute approximate surface area is 118 Å². The van der Waals surface area contributed by atoms with Crippen molar-refractivity contribution in [3.63, 3.8) is 0 Å². The quantitative estimate of drug-likeness (QED) is 0.922. The molecule has 1 heterocycles. The van der Waals surface area contributed by atoms with Gasteiger partial charge in [0.15, 0.2) is 0 Å². The maximum atomic E-state index is 12.7. The molecule has 2 N–H and O–H groups in total. The minimum atomic E-state index is -3.52. The Bertz CT molecular complexity index is 714. The van der Waals surface area contributed by atoms with E-state index in [2.05, 4.69) is 0 Å². The number of rotatable bonds is 2. The molecule has 1 aliphatic rings. The summed E-state index contributed by atoms with van der Waals surface area (Å²) in [6.45, 7) is 0.412. The normalized spacial score (nSPS) is 18.6. The van der Waals surface area contributed by atoms with Crippen molar-refractivity contribution in [2.75, 3.05) is 10.8 Å². The average molecular weight is 288 g/mol. The standard InChI is InChI=1S/C15H16N2O2S/c16-14-10-11-17(15-9-5-4-8-13(14)15)20(18,19)12-6-2-1-3-7-12/h1-9,14H,10-11,16H2. The Kier molecular flexibility index (Phi) is 3.23. The van der Waals surface area contributed by atoms with E-state index in [1.165, 1.54) is 4.31 Å². The van der Waals surface area contributed by atoms with E-state index in [0.717, 1.165) is 5.56 Å². The van der Waals surface area contributed by atoms with Gasteiger partial charge in [-0.1, -0.05) is 36.4 Å². The number of fused-ring (bicyclic) bond motifs is 1. The van der Waals surface area contributed by atoms with Crippen molar-refractivity contribution in [1.82, 2.24) is 0 Å². The fourth-order valence-corrected chi connectivity index (χ4v) is 4.06. The smallest absolute Gasteiger partial charge is 0.264 e. The van der Waals surface area contributed by atoms with Crippen LogP contribution in [0.15, 0.2) is 59.5 Å². The summed E-state index contributed by atoms with van der Waals surface area (Å²) in [7, 11) is -3.52. The first-order valence-corrected chi connectivity index (χ1v) is 7.97. The lowest BCUT2D eigenvalue weighted by Crippen LogP contribution is -2.38. The molecule has 104 valence electrons. The molecule has 1 unspecified atom stereocenters. The number of anilines is 1. The summed E-state index contributed by atoms with van der Waals surface area (Å²) in [5.41, 5.74) is 7.65. The van der Waals surface area contributed by atoms with Crippen LogP contribution in [0, 0.1) is 0 Å². The highest BCUT2D eigenvalue weighted by Crippen LogP contribution is 2.35. The van der Waals surface area contributed by atoms with Crippen molar-refractivity contribution in [2.24, 2.45) is 5.73 Å². The van der Waals surface area contributed by atoms with Crippen LogP contribution in [-0.2, 0) is 10.0 Å². The lowest BCUT2D eigenvalue weighted by atomic mass is 9.99. The van der Waals surface area contributed by atoms with Gasteiger partial charge in [-0.2, -0.15) is 0 Å². The maximum Gasteiger partial charge on any atom is 0.264 e. The van der Waals surface area contributed by atoms with Crippen molar-refractivity contribution >= 4 is 15.7 Å². The SMILES string of the molecule is NC1CCN(S(=O)(=O)c2ccccc2)c2ccccc21. The molecule has 0 radical (unpaired) electrons. The molecule has 0 aromatic heterocycles. The third-order valence-electron chi connectivity index (χ3n) is 3.58. The van der Waals surface area contributed by atoms with E-state index in [4.69, 9.17) is 5.73 Å². The van der Waals surface area contributed by atoms with Crippen LogP contribution in [0.2, 0.25) is 0 Å². The van der Waals surface area contributed by atoms with E-state index in [1.54, 1.807) is 30.3 Å². The van der Waals surface area contributed by atoms with E-state index in [-0.39, 0.29) is 6.04 Å². The Morgan fingerprint density at radius 3 is 2.40 bits per heavy atom. The van der Waals surface area contributed by atoms with Crippen molar-refractivity contribution in [3.05, 3.63) is 60.2 Å². The Balaban J connectivity index is 2.10. The van der Waals surface area contributed by atoms with Gasteiger partial charge < -0.3 is 5.73 Å². The summed E-state index contributed by atoms with van der Waals surface area (Å²) in [4.78, 5) is 0.310. The van der Waals surface area contributed by atoms with Crippen LogP contribution in [-0.4, -0.2) is 15.0 Å². The summed E-state index contributed by atoms with van der Waals surface area (Å²) in [6, 6.07) is 15.8. The van der Waals surface area contributed by atoms with Crippen LogP contribution in [0.1, 0.15) is 18.0 Å². The fraction of sp³-hybridized carbons (Fsp3) is 0.200. The highest BCUT2D eigenvalue weighted by molar-refractivity contribution is 7.92. The fourth-order valence-electron chi connectivity index (χ4n) is 2.53. The summed E-state index contributed by atoms with van der Waals surface area (Å²) in [5.74, 6) is 0. The van der Waals surface area contributed by atoms with Gasteiger partial charge in [0.2, 0.25) is 0 Å². The van der Waals surface area contributed by atoms with Gasteiger partial charge in [-0.05, 0) is 30.2 Å². The van der Waals surface area contributed by atoms with Gasteiger partial charge in [0.1, 0.15) is 0 Å². The zero-order valence-electron chi connectivity index (χ0n) is 10.9. The first-order chi connectivity index (χ1) is 9.60. The molecule has 20 heavy (non-hydrogen) atoms. The van der Waals surface area contributed by atoms with E-state index in [1.807, 2.05) is 24.3 Å². The molecular weight excluding hydrogens is 272 g/mol. The highest BCUT2D eigenvalue weighted by Gasteiger charge is 2.31. The molecule has 0 aliphatic carbocycles. The molecule has 0 bridgehead atoms. The van der Waals surface area contributed by atoms with Gasteiger partial charge in [-0.3, -0.25) is 4.31 Å². The van der Waals surface area contributed by atoms with Gasteiger partial charge in [0.05, 0.1) is 10.6 Å². The van der Waals surface area contributed by atoms with Gasteiger partial charge in [0, 0.05) is 12.6 Å². The third kappa shape index (κ3) is 2.09. The van der Waals surface area contributed by atoms with Crippen LogP contribution >= 0.6 is 0 Å². The van der Waals surface area contributed by atoms with Crippen LogP contribution in [0.4, 0.5) is 5.69 Å². The first kappa shape index (κ1) is 13.1. The second-order valence-electron chi connectivity index (χ2n) is 4.84. The molecule has 0 saturated carbocycles. The molecule has 0 fully saturated rings. The maximum absolute atomic E-state index is 12.7. The van der Waals surface area contributed by atoms with E-state index < -0.39 is 10.0 Å². The average Bonchev–Trinajstić information content (AvgIpc) is 2.48. The molecule has 3 rings (SSSR count). The molecule has 4 nitrogen and oxygen atoms in total. The van der Waals surface area contributed by atoms with E-state index >= 15 is 0 Å². The molecule has 1 atom stereocenters. The number of benzene rings is 2. The summed E-state index contributed by atoms with van der Waals surface area (Å²) >= 11 is 0. The summed E-state index contributed by atoms with van der Waals surface area (Å²) < 4.78 is 26.9. The molecule has 0 saturated heterocycles. The Hall–Kier alpha value is -1.85. The predicted octanol–water partition coefficient (Wildman–Crippen LogP) is 2.29. The number of nitrogens with zero attached hydrogens (tertiary/aromatic N) is 1. The highest BCUT2D eigenvalue weighted by atomic mass is 32.2. The second-order valence-corrected chi connectivity index (χ2v) is 6.71. The zero-order chi connectivity index (χ0) is 14.2. The van der Waals surface area contributed by atoms with Gasteiger partial charge in [-0.15, -0.1) is 0 Å². The van der Waals surface area contributed by atoms with Gasteiger partial charge in [0.25, 0.3) is 10.0 Å². The van der Waals surface area contributed by atoms with Crippen molar-refractivity contribution in [3.8, 4) is 0 Å². The second kappa shape index (κ2) is 4.92. The summed E-state index contributed by atoms with van der Waals surface area (Å²) in [5, 5.41) is 0. The predicted molar refractivity (Wildman–Crippen MR) is 79.0 cm³/mol. The topological polar surface area (TPSA) is 63.4 Å². The van der Waals surface area contributed by atoms with Gasteiger partial charge in [-0.25, -0.2) is 8.42 Å². The number of sulfonamides is 1. The molecule has 0 spiro atoms. The number of para-hydroxylation sites is 1. The molecule has 0 amide bonds. The number of hydrogen-bond donors (Lipinski definition) is 1. The van der Waals surface area contributed by atoms with E-state index in [0.29, 0.717) is 23.5 Å². The van der Waals surface area contributed by atoms with Crippen LogP contribution in [0.5, 0.6) is 0 Å². The largest absolute Gasteiger partial charge is 0.324 e. The third-order valence-corrected chi connectivity index (χ3v) is 5.41. The number of hydrogen-bond acceptors (Lipinski definition) is 3. The van der Waals surface area contributed by atoms with Crippen molar-refractivity contribution < 1.29 is 8.42 Å². The first-order valence-electron chi connectivity index (χ1n) is 6.53. The lowest BCUT2D eigenvalue weighted by molar-refractivity contribution is 0.574. The Morgan fingerprint density at radius 2 is 1.65 bits per heavy atom. The zero-order valence-corrected chi connectivity index (χ0v) is 11.8. The molecular formula is C15H16N2O2S. The monoisotopic (exact) mass is 288 g/mol. The molecule has 5 heteroatoms. The molecule has 2 aromatic rings. The Morgan fingerprint density at radius 1 is 1.00 bits per heavy atom. The van der Waals surface area contributed by atoms with Crippen LogP contribution < -0.4 is 10.0 Å². The summed E-state index contributed by atoms with van der Waals surface area (Å²) in [6.07, 6.45) is 0.628. The minimum Gasteiger partial charge on any atom is -0.324 e. The minimum absolute atomic E-state index is 0.103. The lowest BCUT2D eigenvalue weighted by Gasteiger charge is -2.33. The van der Waals surface area contributed by atoms with Gasteiger partial charge >= 0.3 is 0 Å². The van der Waals surface area contributed by atoms with Crippen LogP contribution in [0.3, 0.4) is 0 Å². The van der Waals surface area contributed by atoms with Crippen molar-refractivity contribution in [1.29, 1.82) is 0 Å². The molecule has 2 aromatic carbocycles. The number of nitrogens with two attached hydrogens (primary N) is 1. The van der Waals surface area contributed by atoms with E-state index in [9.17, 15) is 8.42 Å².